The highest BCUT2D eigenvalue weighted by molar-refractivity contribution is 5.41. The molecular formula is C13H19FN2O2. The minimum absolute atomic E-state index is 0.265. The van der Waals surface area contributed by atoms with E-state index in [1.165, 1.54) is 13.2 Å². The monoisotopic (exact) mass is 254 g/mol. The van der Waals surface area contributed by atoms with Crippen molar-refractivity contribution in [2.24, 2.45) is 0 Å². The first kappa shape index (κ1) is 13.1. The standard InChI is InChI=1S/C13H19FN2O2/c1-17-12-8-11(14)13(18-2)7-10(12)9-16-5-3-15-4-6-16/h7-8,15H,3-6,9H2,1-2H3. The topological polar surface area (TPSA) is 33.7 Å². The molecule has 100 valence electrons. The number of ether oxygens (including phenoxy) is 2. The maximum Gasteiger partial charge on any atom is 0.168 e. The third-order valence-corrected chi connectivity index (χ3v) is 3.16. The Bertz CT molecular complexity index is 406. The Morgan fingerprint density at radius 1 is 1.17 bits per heavy atom. The fraction of sp³-hybridized carbons (Fsp3) is 0.538. The van der Waals surface area contributed by atoms with Crippen LogP contribution in [0.25, 0.3) is 0 Å². The third kappa shape index (κ3) is 2.91. The molecule has 1 fully saturated rings. The van der Waals surface area contributed by atoms with Gasteiger partial charge in [-0.15, -0.1) is 0 Å². The Balaban J connectivity index is 2.18. The summed E-state index contributed by atoms with van der Waals surface area (Å²) in [7, 11) is 3.03. The molecule has 0 saturated carbocycles. The van der Waals surface area contributed by atoms with Gasteiger partial charge in [0.15, 0.2) is 11.6 Å². The zero-order valence-electron chi connectivity index (χ0n) is 10.8. The average Bonchev–Trinajstić information content (AvgIpc) is 2.41. The van der Waals surface area contributed by atoms with Crippen molar-refractivity contribution in [3.8, 4) is 11.5 Å². The van der Waals surface area contributed by atoms with Crippen LogP contribution in [0.1, 0.15) is 5.56 Å². The van der Waals surface area contributed by atoms with E-state index < -0.39 is 5.82 Å². The second kappa shape index (κ2) is 6.02. The van der Waals surface area contributed by atoms with Crippen molar-refractivity contribution in [1.29, 1.82) is 0 Å². The number of halogens is 1. The predicted molar refractivity (Wildman–Crippen MR) is 67.7 cm³/mol. The van der Waals surface area contributed by atoms with Crippen molar-refractivity contribution in [3.05, 3.63) is 23.5 Å². The summed E-state index contributed by atoms with van der Waals surface area (Å²) in [6.45, 7) is 4.70. The number of rotatable bonds is 4. The van der Waals surface area contributed by atoms with Crippen LogP contribution in [0.3, 0.4) is 0 Å². The van der Waals surface area contributed by atoms with Gasteiger partial charge >= 0.3 is 0 Å². The summed E-state index contributed by atoms with van der Waals surface area (Å²) in [6, 6.07) is 3.10. The van der Waals surface area contributed by atoms with Gasteiger partial charge in [0.1, 0.15) is 5.75 Å². The SMILES string of the molecule is COc1cc(CN2CCNCC2)c(OC)cc1F. The summed E-state index contributed by atoms with van der Waals surface area (Å²) in [6.07, 6.45) is 0. The molecule has 1 N–H and O–H groups in total. The van der Waals surface area contributed by atoms with Crippen molar-refractivity contribution in [3.63, 3.8) is 0 Å². The minimum atomic E-state index is -0.390. The van der Waals surface area contributed by atoms with Crippen LogP contribution in [0.15, 0.2) is 12.1 Å². The van der Waals surface area contributed by atoms with E-state index in [9.17, 15) is 4.39 Å². The van der Waals surface area contributed by atoms with E-state index in [1.54, 1.807) is 13.2 Å². The number of methoxy groups -OCH3 is 2. The van der Waals surface area contributed by atoms with Crippen molar-refractivity contribution in [2.45, 2.75) is 6.54 Å². The predicted octanol–water partition coefficient (Wildman–Crippen LogP) is 1.25. The van der Waals surface area contributed by atoms with E-state index >= 15 is 0 Å². The molecule has 1 heterocycles. The van der Waals surface area contributed by atoms with Gasteiger partial charge in [0.05, 0.1) is 14.2 Å². The number of hydrogen-bond donors (Lipinski definition) is 1. The van der Waals surface area contributed by atoms with Crippen LogP contribution in [-0.4, -0.2) is 45.3 Å². The first-order valence-electron chi connectivity index (χ1n) is 6.08. The second-order valence-corrected chi connectivity index (χ2v) is 4.32. The van der Waals surface area contributed by atoms with Crippen molar-refractivity contribution < 1.29 is 13.9 Å². The zero-order valence-corrected chi connectivity index (χ0v) is 10.8. The van der Waals surface area contributed by atoms with E-state index in [0.717, 1.165) is 38.3 Å². The molecular weight excluding hydrogens is 235 g/mol. The third-order valence-electron chi connectivity index (χ3n) is 3.16. The molecule has 0 spiro atoms. The van der Waals surface area contributed by atoms with E-state index in [1.807, 2.05) is 0 Å². The summed E-state index contributed by atoms with van der Waals surface area (Å²) < 4.78 is 23.8. The molecule has 1 aromatic carbocycles. The Labute approximate surface area is 107 Å². The van der Waals surface area contributed by atoms with Gasteiger partial charge in [-0.2, -0.15) is 0 Å². The lowest BCUT2D eigenvalue weighted by atomic mass is 10.1. The molecule has 2 rings (SSSR count). The number of nitrogens with zero attached hydrogens (tertiary/aromatic N) is 1. The number of hydrogen-bond acceptors (Lipinski definition) is 4. The van der Waals surface area contributed by atoms with Crippen molar-refractivity contribution >= 4 is 0 Å². The van der Waals surface area contributed by atoms with Gasteiger partial charge in [0.25, 0.3) is 0 Å². The Morgan fingerprint density at radius 3 is 2.44 bits per heavy atom. The van der Waals surface area contributed by atoms with Gasteiger partial charge in [0, 0.05) is 44.4 Å². The van der Waals surface area contributed by atoms with Crippen LogP contribution in [0.4, 0.5) is 4.39 Å². The van der Waals surface area contributed by atoms with Crippen LogP contribution in [0.5, 0.6) is 11.5 Å². The van der Waals surface area contributed by atoms with Crippen molar-refractivity contribution in [2.75, 3.05) is 40.4 Å². The van der Waals surface area contributed by atoms with Crippen LogP contribution in [0, 0.1) is 5.82 Å². The lowest BCUT2D eigenvalue weighted by molar-refractivity contribution is 0.229. The summed E-state index contributed by atoms with van der Waals surface area (Å²) in [5.74, 6) is 0.450. The summed E-state index contributed by atoms with van der Waals surface area (Å²) in [4.78, 5) is 2.31. The number of benzene rings is 1. The summed E-state index contributed by atoms with van der Waals surface area (Å²) >= 11 is 0. The van der Waals surface area contributed by atoms with Gasteiger partial charge in [-0.3, -0.25) is 4.90 Å². The van der Waals surface area contributed by atoms with Gasteiger partial charge in [0.2, 0.25) is 0 Å². The largest absolute Gasteiger partial charge is 0.496 e. The molecule has 0 unspecified atom stereocenters. The molecule has 0 radical (unpaired) electrons. The van der Waals surface area contributed by atoms with Gasteiger partial charge in [-0.1, -0.05) is 0 Å². The van der Waals surface area contributed by atoms with E-state index in [4.69, 9.17) is 9.47 Å². The minimum Gasteiger partial charge on any atom is -0.496 e. The molecule has 0 aliphatic carbocycles. The molecule has 4 nitrogen and oxygen atoms in total. The molecule has 1 aliphatic heterocycles. The maximum atomic E-state index is 13.6. The Kier molecular flexibility index (Phi) is 4.38. The van der Waals surface area contributed by atoms with E-state index in [-0.39, 0.29) is 5.75 Å². The molecule has 0 atom stereocenters. The Hall–Kier alpha value is -1.33. The first-order valence-corrected chi connectivity index (χ1v) is 6.08. The Morgan fingerprint density at radius 2 is 1.83 bits per heavy atom. The van der Waals surface area contributed by atoms with Gasteiger partial charge in [-0.05, 0) is 6.07 Å². The molecule has 18 heavy (non-hydrogen) atoms. The normalized spacial score (nSPS) is 16.6. The fourth-order valence-electron chi connectivity index (χ4n) is 2.16. The highest BCUT2D eigenvalue weighted by atomic mass is 19.1. The van der Waals surface area contributed by atoms with Crippen LogP contribution < -0.4 is 14.8 Å². The van der Waals surface area contributed by atoms with Gasteiger partial charge in [-0.25, -0.2) is 4.39 Å². The lowest BCUT2D eigenvalue weighted by Gasteiger charge is -2.27. The molecule has 0 amide bonds. The van der Waals surface area contributed by atoms with Crippen LogP contribution in [0.2, 0.25) is 0 Å². The molecule has 1 saturated heterocycles. The smallest absolute Gasteiger partial charge is 0.168 e. The molecule has 1 aliphatic rings. The quantitative estimate of drug-likeness (QED) is 0.876. The molecule has 0 bridgehead atoms. The maximum absolute atomic E-state index is 13.6. The van der Waals surface area contributed by atoms with Crippen LogP contribution >= 0.6 is 0 Å². The second-order valence-electron chi connectivity index (χ2n) is 4.32. The van der Waals surface area contributed by atoms with E-state index in [0.29, 0.717) is 5.75 Å². The lowest BCUT2D eigenvalue weighted by Crippen LogP contribution is -2.42. The van der Waals surface area contributed by atoms with Gasteiger partial charge < -0.3 is 14.8 Å². The zero-order chi connectivity index (χ0) is 13.0. The summed E-state index contributed by atoms with van der Waals surface area (Å²) in [5.41, 5.74) is 0.956. The highest BCUT2D eigenvalue weighted by Crippen LogP contribution is 2.28. The highest BCUT2D eigenvalue weighted by Gasteiger charge is 2.15. The average molecular weight is 254 g/mol. The van der Waals surface area contributed by atoms with E-state index in [2.05, 4.69) is 10.2 Å². The number of nitrogens with one attached hydrogen (secondary N) is 1. The van der Waals surface area contributed by atoms with Crippen molar-refractivity contribution in [1.82, 2.24) is 10.2 Å². The summed E-state index contributed by atoms with van der Waals surface area (Å²) in [5, 5.41) is 3.30. The fourth-order valence-corrected chi connectivity index (χ4v) is 2.16. The van der Waals surface area contributed by atoms with Crippen LogP contribution in [-0.2, 0) is 6.54 Å². The molecule has 1 aromatic rings. The molecule has 0 aromatic heterocycles. The number of piperazine rings is 1. The first-order chi connectivity index (χ1) is 8.74. The molecule has 5 heteroatoms.